The van der Waals surface area contributed by atoms with Crippen LogP contribution in [0.3, 0.4) is 0 Å². The molecule has 0 radical (unpaired) electrons. The lowest BCUT2D eigenvalue weighted by Gasteiger charge is -2.12. The van der Waals surface area contributed by atoms with Gasteiger partial charge in [0, 0.05) is 5.56 Å². The van der Waals surface area contributed by atoms with E-state index in [-0.39, 0.29) is 34.2 Å². The van der Waals surface area contributed by atoms with Gasteiger partial charge < -0.3 is 15.6 Å². The molecule has 0 aliphatic heterocycles. The topological polar surface area (TPSA) is 72.6 Å². The molecule has 20 heavy (non-hydrogen) atoms. The van der Waals surface area contributed by atoms with Crippen molar-refractivity contribution in [3.63, 3.8) is 0 Å². The van der Waals surface area contributed by atoms with Crippen LogP contribution in [0, 0.1) is 5.82 Å². The molecule has 2 aromatic rings. The molecule has 0 aromatic heterocycles. The van der Waals surface area contributed by atoms with Crippen LogP contribution in [-0.4, -0.2) is 11.1 Å². The average molecular weight is 296 g/mol. The van der Waals surface area contributed by atoms with Gasteiger partial charge in [-0.1, -0.05) is 29.8 Å². The Bertz CT molecular complexity index is 661. The maximum absolute atomic E-state index is 13.7. The number of nitrogens with two attached hydrogens (primary N) is 1. The number of nitrogen functional groups attached to an aromatic ring is 1. The van der Waals surface area contributed by atoms with E-state index in [9.17, 15) is 9.18 Å². The van der Waals surface area contributed by atoms with Crippen LogP contribution in [0.1, 0.15) is 15.9 Å². The Morgan fingerprint density at radius 1 is 1.30 bits per heavy atom. The predicted molar refractivity (Wildman–Crippen MR) is 73.6 cm³/mol. The first kappa shape index (κ1) is 14.1. The van der Waals surface area contributed by atoms with E-state index in [1.54, 1.807) is 6.07 Å². The van der Waals surface area contributed by atoms with Crippen molar-refractivity contribution in [1.82, 2.24) is 0 Å². The van der Waals surface area contributed by atoms with Gasteiger partial charge in [0.15, 0.2) is 5.75 Å². The second-order valence-electron chi connectivity index (χ2n) is 4.03. The molecule has 0 heterocycles. The number of anilines is 1. The first-order valence-electron chi connectivity index (χ1n) is 5.68. The maximum atomic E-state index is 13.7. The van der Waals surface area contributed by atoms with Gasteiger partial charge in [0.2, 0.25) is 0 Å². The minimum absolute atomic E-state index is 0.0133. The molecule has 0 saturated carbocycles. The maximum Gasteiger partial charge on any atom is 0.339 e. The Morgan fingerprint density at radius 3 is 2.70 bits per heavy atom. The summed E-state index contributed by atoms with van der Waals surface area (Å²) in [6.45, 7) is -0.166. The molecule has 0 bridgehead atoms. The molecule has 0 aliphatic rings. The third-order valence-corrected chi connectivity index (χ3v) is 2.97. The second-order valence-corrected chi connectivity index (χ2v) is 4.44. The Morgan fingerprint density at radius 2 is 2.00 bits per heavy atom. The lowest BCUT2D eigenvalue weighted by molar-refractivity contribution is 0.0692. The van der Waals surface area contributed by atoms with Gasteiger partial charge in [-0.15, -0.1) is 0 Å². The number of carboxylic acids is 1. The number of aromatic carboxylic acids is 1. The molecule has 0 unspecified atom stereocenters. The minimum atomic E-state index is -1.17. The van der Waals surface area contributed by atoms with Gasteiger partial charge in [-0.3, -0.25) is 0 Å². The third kappa shape index (κ3) is 2.83. The quantitative estimate of drug-likeness (QED) is 0.849. The number of benzene rings is 2. The van der Waals surface area contributed by atoms with E-state index >= 15 is 0 Å². The Balaban J connectivity index is 2.27. The smallest absolute Gasteiger partial charge is 0.339 e. The normalized spacial score (nSPS) is 10.3. The van der Waals surface area contributed by atoms with Crippen LogP contribution in [0.5, 0.6) is 5.75 Å². The van der Waals surface area contributed by atoms with Crippen molar-refractivity contribution in [1.29, 1.82) is 0 Å². The lowest BCUT2D eigenvalue weighted by atomic mass is 10.1. The van der Waals surface area contributed by atoms with Crippen LogP contribution in [-0.2, 0) is 6.61 Å². The summed E-state index contributed by atoms with van der Waals surface area (Å²) in [5.41, 5.74) is 6.00. The van der Waals surface area contributed by atoms with Gasteiger partial charge in [-0.05, 0) is 18.2 Å². The molecular weight excluding hydrogens is 285 g/mol. The fraction of sp³-hybridized carbons (Fsp3) is 0.0714. The van der Waals surface area contributed by atoms with Crippen molar-refractivity contribution < 1.29 is 19.0 Å². The summed E-state index contributed by atoms with van der Waals surface area (Å²) in [5.74, 6) is -1.75. The highest BCUT2D eigenvalue weighted by molar-refractivity contribution is 6.30. The number of halogens is 2. The van der Waals surface area contributed by atoms with Gasteiger partial charge >= 0.3 is 5.97 Å². The first-order chi connectivity index (χ1) is 9.50. The van der Waals surface area contributed by atoms with Crippen molar-refractivity contribution in [2.45, 2.75) is 6.61 Å². The Kier molecular flexibility index (Phi) is 4.10. The van der Waals surface area contributed by atoms with E-state index in [0.717, 1.165) is 0 Å². The molecular formula is C14H11ClFNO3. The minimum Gasteiger partial charge on any atom is -0.486 e. The Labute approximate surface area is 119 Å². The monoisotopic (exact) mass is 295 g/mol. The summed E-state index contributed by atoms with van der Waals surface area (Å²) in [7, 11) is 0. The van der Waals surface area contributed by atoms with E-state index in [0.29, 0.717) is 0 Å². The van der Waals surface area contributed by atoms with Crippen molar-refractivity contribution in [3.05, 3.63) is 58.4 Å². The van der Waals surface area contributed by atoms with Crippen molar-refractivity contribution in [2.75, 3.05) is 5.73 Å². The van der Waals surface area contributed by atoms with Gasteiger partial charge in [-0.25, -0.2) is 9.18 Å². The molecule has 2 rings (SSSR count). The van der Waals surface area contributed by atoms with Gasteiger partial charge in [0.25, 0.3) is 0 Å². The zero-order chi connectivity index (χ0) is 14.7. The molecule has 0 atom stereocenters. The van der Waals surface area contributed by atoms with Crippen LogP contribution in [0.25, 0.3) is 0 Å². The summed E-state index contributed by atoms with van der Waals surface area (Å²) in [5, 5.41) is 9.03. The zero-order valence-corrected chi connectivity index (χ0v) is 11.0. The molecule has 3 N–H and O–H groups in total. The Hall–Kier alpha value is -2.27. The third-order valence-electron chi connectivity index (χ3n) is 2.68. The second kappa shape index (κ2) is 5.79. The number of rotatable bonds is 4. The highest BCUT2D eigenvalue weighted by Gasteiger charge is 2.15. The fourth-order valence-corrected chi connectivity index (χ4v) is 1.89. The van der Waals surface area contributed by atoms with Crippen LogP contribution in [0.15, 0.2) is 36.4 Å². The fourth-order valence-electron chi connectivity index (χ4n) is 1.69. The number of para-hydroxylation sites is 1. The van der Waals surface area contributed by atoms with Crippen LogP contribution >= 0.6 is 11.6 Å². The lowest BCUT2D eigenvalue weighted by Crippen LogP contribution is -2.07. The molecule has 6 heteroatoms. The molecule has 0 aliphatic carbocycles. The summed E-state index contributed by atoms with van der Waals surface area (Å²) in [4.78, 5) is 11.1. The SMILES string of the molecule is Nc1cccc(C(=O)O)c1OCc1cccc(Cl)c1F. The van der Waals surface area contributed by atoms with E-state index in [1.165, 1.54) is 30.3 Å². The molecule has 4 nitrogen and oxygen atoms in total. The number of hydrogen-bond donors (Lipinski definition) is 2. The van der Waals surface area contributed by atoms with Crippen LogP contribution in [0.4, 0.5) is 10.1 Å². The van der Waals surface area contributed by atoms with Crippen LogP contribution < -0.4 is 10.5 Å². The molecule has 104 valence electrons. The highest BCUT2D eigenvalue weighted by atomic mass is 35.5. The molecule has 0 amide bonds. The molecule has 0 saturated heterocycles. The standard InChI is InChI=1S/C14H11ClFNO3/c15-10-5-1-3-8(12(10)16)7-20-13-9(14(18)19)4-2-6-11(13)17/h1-6H,7,17H2,(H,18,19). The molecule has 0 spiro atoms. The van der Waals surface area contributed by atoms with E-state index in [2.05, 4.69) is 0 Å². The van der Waals surface area contributed by atoms with E-state index in [1.807, 2.05) is 0 Å². The number of carbonyl (C=O) groups is 1. The first-order valence-corrected chi connectivity index (χ1v) is 6.06. The number of carboxylic acid groups (broad SMARTS) is 1. The summed E-state index contributed by atoms with van der Waals surface area (Å²) < 4.78 is 19.1. The predicted octanol–water partition coefficient (Wildman–Crippen LogP) is 3.34. The highest BCUT2D eigenvalue weighted by Crippen LogP contribution is 2.28. The van der Waals surface area contributed by atoms with Crippen LogP contribution in [0.2, 0.25) is 5.02 Å². The van der Waals surface area contributed by atoms with E-state index < -0.39 is 11.8 Å². The summed E-state index contributed by atoms with van der Waals surface area (Å²) in [6.07, 6.45) is 0. The van der Waals surface area contributed by atoms with Gasteiger partial charge in [0.05, 0.1) is 10.7 Å². The summed E-state index contributed by atoms with van der Waals surface area (Å²) >= 11 is 5.66. The van der Waals surface area contributed by atoms with Crippen molar-refractivity contribution in [3.8, 4) is 5.75 Å². The van der Waals surface area contributed by atoms with Crippen molar-refractivity contribution >= 4 is 23.3 Å². The average Bonchev–Trinajstić information content (AvgIpc) is 2.41. The van der Waals surface area contributed by atoms with Crippen molar-refractivity contribution in [2.24, 2.45) is 0 Å². The van der Waals surface area contributed by atoms with Gasteiger partial charge in [0.1, 0.15) is 18.0 Å². The molecule has 0 fully saturated rings. The summed E-state index contributed by atoms with van der Waals surface area (Å²) in [6, 6.07) is 8.88. The zero-order valence-electron chi connectivity index (χ0n) is 10.3. The van der Waals surface area contributed by atoms with E-state index in [4.69, 9.17) is 27.2 Å². The number of hydrogen-bond acceptors (Lipinski definition) is 3. The largest absolute Gasteiger partial charge is 0.486 e. The van der Waals surface area contributed by atoms with Gasteiger partial charge in [-0.2, -0.15) is 0 Å². The molecule has 2 aromatic carbocycles. The number of ether oxygens (including phenoxy) is 1.